The second kappa shape index (κ2) is 8.46. The van der Waals surface area contributed by atoms with Gasteiger partial charge in [0.1, 0.15) is 0 Å². The summed E-state index contributed by atoms with van der Waals surface area (Å²) in [6, 6.07) is 12.3. The molecular formula is C19H31N. The molecule has 0 amide bonds. The lowest BCUT2D eigenvalue weighted by molar-refractivity contribution is 0.259. The number of benzene rings is 1. The van der Waals surface area contributed by atoms with E-state index in [0.717, 1.165) is 12.0 Å². The minimum absolute atomic E-state index is 0.550. The van der Waals surface area contributed by atoms with Gasteiger partial charge in [-0.3, -0.25) is 0 Å². The first-order chi connectivity index (χ1) is 9.83. The third kappa shape index (κ3) is 4.63. The van der Waals surface area contributed by atoms with Crippen LogP contribution in [0.3, 0.4) is 0 Å². The van der Waals surface area contributed by atoms with Crippen LogP contribution in [0, 0.1) is 5.92 Å². The van der Waals surface area contributed by atoms with Crippen LogP contribution in [0.2, 0.25) is 0 Å². The smallest absolute Gasteiger partial charge is 0.0322 e. The molecule has 0 saturated heterocycles. The van der Waals surface area contributed by atoms with Gasteiger partial charge in [-0.05, 0) is 43.6 Å². The Balaban J connectivity index is 1.87. The molecule has 0 bridgehead atoms. The Kier molecular flexibility index (Phi) is 6.59. The molecular weight excluding hydrogens is 242 g/mol. The molecule has 0 spiro atoms. The minimum atomic E-state index is 0.550. The van der Waals surface area contributed by atoms with Gasteiger partial charge in [-0.2, -0.15) is 0 Å². The molecule has 0 aliphatic heterocycles. The average molecular weight is 273 g/mol. The summed E-state index contributed by atoms with van der Waals surface area (Å²) >= 11 is 0. The van der Waals surface area contributed by atoms with E-state index < -0.39 is 0 Å². The Morgan fingerprint density at radius 2 is 1.70 bits per heavy atom. The van der Waals surface area contributed by atoms with E-state index in [0.29, 0.717) is 6.04 Å². The van der Waals surface area contributed by atoms with Crippen molar-refractivity contribution in [2.75, 3.05) is 0 Å². The molecule has 1 atom stereocenters. The van der Waals surface area contributed by atoms with Crippen LogP contribution in [-0.4, -0.2) is 6.04 Å². The molecule has 1 nitrogen and oxygen atoms in total. The lowest BCUT2D eigenvalue weighted by Gasteiger charge is -2.32. The van der Waals surface area contributed by atoms with Crippen molar-refractivity contribution in [1.82, 2.24) is 5.32 Å². The van der Waals surface area contributed by atoms with E-state index in [1.165, 1.54) is 56.9 Å². The van der Waals surface area contributed by atoms with Crippen molar-refractivity contribution in [2.24, 2.45) is 5.92 Å². The number of rotatable bonds is 7. The summed E-state index contributed by atoms with van der Waals surface area (Å²) in [4.78, 5) is 0. The van der Waals surface area contributed by atoms with E-state index in [9.17, 15) is 0 Å². The van der Waals surface area contributed by atoms with Crippen LogP contribution in [0.5, 0.6) is 0 Å². The third-order valence-corrected chi connectivity index (χ3v) is 4.76. The van der Waals surface area contributed by atoms with Crippen molar-refractivity contribution in [3.05, 3.63) is 35.9 Å². The zero-order valence-corrected chi connectivity index (χ0v) is 13.3. The number of hydrogen-bond donors (Lipinski definition) is 1. The van der Waals surface area contributed by atoms with Gasteiger partial charge in [0.05, 0.1) is 0 Å². The monoisotopic (exact) mass is 273 g/mol. The Morgan fingerprint density at radius 1 is 1.00 bits per heavy atom. The lowest BCUT2D eigenvalue weighted by atomic mass is 9.83. The Bertz CT molecular complexity index is 351. The minimum Gasteiger partial charge on any atom is -0.307 e. The molecule has 1 unspecified atom stereocenters. The predicted molar refractivity (Wildman–Crippen MR) is 87.9 cm³/mol. The maximum atomic E-state index is 3.94. The number of nitrogens with one attached hydrogen (secondary N) is 1. The van der Waals surface area contributed by atoms with Crippen molar-refractivity contribution >= 4 is 0 Å². The second-order valence-corrected chi connectivity index (χ2v) is 6.42. The molecule has 0 aromatic heterocycles. The first-order valence-electron chi connectivity index (χ1n) is 8.64. The van der Waals surface area contributed by atoms with E-state index in [4.69, 9.17) is 0 Å². The molecule has 1 fully saturated rings. The Morgan fingerprint density at radius 3 is 2.30 bits per heavy atom. The van der Waals surface area contributed by atoms with Crippen LogP contribution in [0.1, 0.15) is 76.8 Å². The van der Waals surface area contributed by atoms with Crippen molar-refractivity contribution in [1.29, 1.82) is 0 Å². The molecule has 112 valence electrons. The molecule has 1 aliphatic carbocycles. The largest absolute Gasteiger partial charge is 0.307 e. The van der Waals surface area contributed by atoms with Gasteiger partial charge in [0.15, 0.2) is 0 Å². The second-order valence-electron chi connectivity index (χ2n) is 6.42. The van der Waals surface area contributed by atoms with Crippen molar-refractivity contribution in [3.8, 4) is 0 Å². The normalized spacial score (nSPS) is 24.5. The Labute approximate surface area is 125 Å². The molecule has 1 saturated carbocycles. The summed E-state index contributed by atoms with van der Waals surface area (Å²) in [5, 5.41) is 3.94. The molecule has 1 aliphatic rings. The number of hydrogen-bond acceptors (Lipinski definition) is 1. The third-order valence-electron chi connectivity index (χ3n) is 4.76. The van der Waals surface area contributed by atoms with Crippen molar-refractivity contribution in [2.45, 2.75) is 77.3 Å². The SMILES string of the molecule is CCCC1CCC(NC(CCC)c2ccccc2)CC1. The van der Waals surface area contributed by atoms with Crippen LogP contribution in [0.25, 0.3) is 0 Å². The Hall–Kier alpha value is -0.820. The fourth-order valence-electron chi connectivity index (χ4n) is 3.63. The summed E-state index contributed by atoms with van der Waals surface area (Å²) in [6.45, 7) is 4.60. The summed E-state index contributed by atoms with van der Waals surface area (Å²) in [5.41, 5.74) is 1.46. The fraction of sp³-hybridized carbons (Fsp3) is 0.684. The summed E-state index contributed by atoms with van der Waals surface area (Å²) < 4.78 is 0. The summed E-state index contributed by atoms with van der Waals surface area (Å²) in [5.74, 6) is 0.999. The highest BCUT2D eigenvalue weighted by atomic mass is 15.0. The topological polar surface area (TPSA) is 12.0 Å². The zero-order valence-electron chi connectivity index (χ0n) is 13.3. The average Bonchev–Trinajstić information content (AvgIpc) is 2.50. The van der Waals surface area contributed by atoms with E-state index in [2.05, 4.69) is 49.5 Å². The molecule has 20 heavy (non-hydrogen) atoms. The summed E-state index contributed by atoms with van der Waals surface area (Å²) in [7, 11) is 0. The first kappa shape index (κ1) is 15.6. The highest BCUT2D eigenvalue weighted by Crippen LogP contribution is 2.30. The van der Waals surface area contributed by atoms with Crippen molar-refractivity contribution in [3.63, 3.8) is 0 Å². The molecule has 1 N–H and O–H groups in total. The van der Waals surface area contributed by atoms with Crippen LogP contribution in [0.4, 0.5) is 0 Å². The highest BCUT2D eigenvalue weighted by Gasteiger charge is 2.22. The maximum absolute atomic E-state index is 3.94. The first-order valence-corrected chi connectivity index (χ1v) is 8.64. The maximum Gasteiger partial charge on any atom is 0.0322 e. The van der Waals surface area contributed by atoms with Gasteiger partial charge in [-0.1, -0.05) is 63.4 Å². The van der Waals surface area contributed by atoms with Gasteiger partial charge in [0.25, 0.3) is 0 Å². The van der Waals surface area contributed by atoms with E-state index >= 15 is 0 Å². The lowest BCUT2D eigenvalue weighted by Crippen LogP contribution is -2.36. The van der Waals surface area contributed by atoms with Crippen LogP contribution in [-0.2, 0) is 0 Å². The van der Waals surface area contributed by atoms with Gasteiger partial charge < -0.3 is 5.32 Å². The van der Waals surface area contributed by atoms with Gasteiger partial charge in [0.2, 0.25) is 0 Å². The van der Waals surface area contributed by atoms with Crippen molar-refractivity contribution < 1.29 is 0 Å². The molecule has 0 radical (unpaired) electrons. The molecule has 1 aromatic rings. The predicted octanol–water partition coefficient (Wildman–Crippen LogP) is 5.48. The van der Waals surface area contributed by atoms with Crippen LogP contribution < -0.4 is 5.32 Å². The van der Waals surface area contributed by atoms with Gasteiger partial charge in [-0.15, -0.1) is 0 Å². The van der Waals surface area contributed by atoms with Gasteiger partial charge in [-0.25, -0.2) is 0 Å². The van der Waals surface area contributed by atoms with Crippen LogP contribution in [0.15, 0.2) is 30.3 Å². The summed E-state index contributed by atoms with van der Waals surface area (Å²) in [6.07, 6.45) is 10.9. The molecule has 1 heteroatoms. The standard InChI is InChI=1S/C19H31N/c1-3-8-16-12-14-18(15-13-16)20-19(9-4-2)17-10-6-5-7-11-17/h5-7,10-11,16,18-20H,3-4,8-9,12-15H2,1-2H3. The molecule has 1 aromatic carbocycles. The van der Waals surface area contributed by atoms with E-state index in [1.54, 1.807) is 0 Å². The van der Waals surface area contributed by atoms with E-state index in [1.807, 2.05) is 0 Å². The van der Waals surface area contributed by atoms with Gasteiger partial charge in [0, 0.05) is 12.1 Å². The van der Waals surface area contributed by atoms with E-state index in [-0.39, 0.29) is 0 Å². The molecule has 0 heterocycles. The zero-order chi connectivity index (χ0) is 14.2. The highest BCUT2D eigenvalue weighted by molar-refractivity contribution is 5.19. The quantitative estimate of drug-likeness (QED) is 0.694. The molecule has 2 rings (SSSR count). The van der Waals surface area contributed by atoms with Gasteiger partial charge >= 0.3 is 0 Å². The van der Waals surface area contributed by atoms with Crippen LogP contribution >= 0.6 is 0 Å². The fourth-order valence-corrected chi connectivity index (χ4v) is 3.63.